The molecule has 28 heavy (non-hydrogen) atoms. The summed E-state index contributed by atoms with van der Waals surface area (Å²) in [4.78, 5) is 24.1. The van der Waals surface area contributed by atoms with Gasteiger partial charge in [0.15, 0.2) is 5.78 Å². The molecular formula is C23H38N2O3. The first-order valence-electron chi connectivity index (χ1n) is 11.4. The maximum absolute atomic E-state index is 12.7. The Bertz CT molecular complexity index is 637. The molecule has 0 radical (unpaired) electrons. The highest BCUT2D eigenvalue weighted by Gasteiger charge is 2.61. The molecule has 4 fully saturated rings. The van der Waals surface area contributed by atoms with E-state index in [-0.39, 0.29) is 23.4 Å². The van der Waals surface area contributed by atoms with Crippen LogP contribution in [0.1, 0.15) is 78.6 Å². The van der Waals surface area contributed by atoms with Gasteiger partial charge in [0, 0.05) is 12.8 Å². The Morgan fingerprint density at radius 3 is 2.43 bits per heavy atom. The summed E-state index contributed by atoms with van der Waals surface area (Å²) < 4.78 is 5.58. The number of carbonyl (C=O) groups excluding carboxylic acids is 2. The van der Waals surface area contributed by atoms with Gasteiger partial charge in [0.2, 0.25) is 0 Å². The van der Waals surface area contributed by atoms with Gasteiger partial charge in [-0.25, -0.2) is 0 Å². The lowest BCUT2D eigenvalue weighted by Crippen LogP contribution is -2.54. The van der Waals surface area contributed by atoms with Crippen LogP contribution in [0, 0.1) is 40.4 Å². The third-order valence-corrected chi connectivity index (χ3v) is 9.62. The van der Waals surface area contributed by atoms with Crippen molar-refractivity contribution in [2.24, 2.45) is 46.3 Å². The average molecular weight is 391 g/mol. The van der Waals surface area contributed by atoms with Crippen molar-refractivity contribution in [1.29, 1.82) is 0 Å². The molecule has 4 aliphatic carbocycles. The average Bonchev–Trinajstić information content (AvgIpc) is 2.99. The number of esters is 1. The SMILES string of the molecule is CC(=O)OC1CCC2(C)C(CCC3C2CCC2(C)C(C(=O)CNN)CCC32)C1. The van der Waals surface area contributed by atoms with Crippen molar-refractivity contribution in [1.82, 2.24) is 5.43 Å². The van der Waals surface area contributed by atoms with Crippen molar-refractivity contribution >= 4 is 11.8 Å². The molecule has 158 valence electrons. The van der Waals surface area contributed by atoms with Crippen LogP contribution < -0.4 is 11.3 Å². The number of hydrogen-bond donors (Lipinski definition) is 2. The van der Waals surface area contributed by atoms with Crippen LogP contribution in [-0.4, -0.2) is 24.4 Å². The van der Waals surface area contributed by atoms with E-state index in [0.29, 0.717) is 29.6 Å². The molecule has 0 bridgehead atoms. The molecule has 3 N–H and O–H groups in total. The molecule has 5 nitrogen and oxygen atoms in total. The van der Waals surface area contributed by atoms with Gasteiger partial charge in [-0.15, -0.1) is 0 Å². The van der Waals surface area contributed by atoms with Crippen molar-refractivity contribution in [2.75, 3.05) is 6.54 Å². The molecule has 8 atom stereocenters. The number of rotatable bonds is 4. The quantitative estimate of drug-likeness (QED) is 0.435. The normalized spacial score (nSPS) is 47.6. The molecule has 0 saturated heterocycles. The number of hydrogen-bond acceptors (Lipinski definition) is 5. The second kappa shape index (κ2) is 7.39. The summed E-state index contributed by atoms with van der Waals surface area (Å²) in [6, 6.07) is 0. The van der Waals surface area contributed by atoms with E-state index in [4.69, 9.17) is 10.6 Å². The molecule has 8 unspecified atom stereocenters. The number of fused-ring (bicyclic) bond motifs is 5. The molecule has 0 spiro atoms. The van der Waals surface area contributed by atoms with Crippen LogP contribution >= 0.6 is 0 Å². The van der Waals surface area contributed by atoms with E-state index in [1.54, 1.807) is 0 Å². The number of nitrogens with two attached hydrogens (primary N) is 1. The summed E-state index contributed by atoms with van der Waals surface area (Å²) in [5, 5.41) is 0. The second-order valence-electron chi connectivity index (χ2n) is 10.7. The summed E-state index contributed by atoms with van der Waals surface area (Å²) in [5.41, 5.74) is 3.13. The van der Waals surface area contributed by atoms with Gasteiger partial charge in [-0.3, -0.25) is 20.9 Å². The van der Waals surface area contributed by atoms with Gasteiger partial charge >= 0.3 is 5.97 Å². The summed E-state index contributed by atoms with van der Waals surface area (Å²) >= 11 is 0. The van der Waals surface area contributed by atoms with Crippen molar-refractivity contribution < 1.29 is 14.3 Å². The highest BCUT2D eigenvalue weighted by molar-refractivity contribution is 5.84. The highest BCUT2D eigenvalue weighted by Crippen LogP contribution is 2.67. The van der Waals surface area contributed by atoms with E-state index in [2.05, 4.69) is 19.3 Å². The maximum atomic E-state index is 12.7. The Kier molecular flexibility index (Phi) is 5.37. The molecule has 0 amide bonds. The Morgan fingerprint density at radius 2 is 1.71 bits per heavy atom. The minimum Gasteiger partial charge on any atom is -0.463 e. The topological polar surface area (TPSA) is 81.4 Å². The predicted molar refractivity (Wildman–Crippen MR) is 108 cm³/mol. The van der Waals surface area contributed by atoms with Crippen molar-refractivity contribution in [3.63, 3.8) is 0 Å². The van der Waals surface area contributed by atoms with Crippen molar-refractivity contribution in [3.8, 4) is 0 Å². The summed E-state index contributed by atoms with van der Waals surface area (Å²) in [7, 11) is 0. The minimum absolute atomic E-state index is 0.123. The molecule has 5 heteroatoms. The van der Waals surface area contributed by atoms with Crippen LogP contribution in [0.15, 0.2) is 0 Å². The Hall–Kier alpha value is -0.940. The Morgan fingerprint density at radius 1 is 1.00 bits per heavy atom. The fourth-order valence-electron chi connectivity index (χ4n) is 8.31. The second-order valence-corrected chi connectivity index (χ2v) is 10.7. The number of Topliss-reactive ketones (excluding diaryl/α,β-unsaturated/α-hetero) is 1. The first-order chi connectivity index (χ1) is 13.3. The van der Waals surface area contributed by atoms with Crippen molar-refractivity contribution in [2.45, 2.75) is 84.7 Å². The van der Waals surface area contributed by atoms with Crippen LogP contribution in [0.5, 0.6) is 0 Å². The first-order valence-corrected chi connectivity index (χ1v) is 11.4. The van der Waals surface area contributed by atoms with E-state index >= 15 is 0 Å². The fourth-order valence-corrected chi connectivity index (χ4v) is 8.31. The fraction of sp³-hybridized carbons (Fsp3) is 0.913. The number of nitrogens with one attached hydrogen (secondary N) is 1. The summed E-state index contributed by atoms with van der Waals surface area (Å²) in [5.74, 6) is 8.69. The monoisotopic (exact) mass is 390 g/mol. The molecule has 0 aliphatic heterocycles. The highest BCUT2D eigenvalue weighted by atomic mass is 16.5. The summed E-state index contributed by atoms with van der Waals surface area (Å²) in [6.45, 7) is 6.76. The zero-order chi connectivity index (χ0) is 20.1. The zero-order valence-corrected chi connectivity index (χ0v) is 17.8. The van der Waals surface area contributed by atoms with Gasteiger partial charge in [0.1, 0.15) is 6.10 Å². The molecule has 4 saturated carbocycles. The van der Waals surface area contributed by atoms with E-state index < -0.39 is 0 Å². The van der Waals surface area contributed by atoms with Crippen LogP contribution in [0.25, 0.3) is 0 Å². The Balaban J connectivity index is 1.51. The van der Waals surface area contributed by atoms with E-state index in [1.807, 2.05) is 0 Å². The van der Waals surface area contributed by atoms with Crippen LogP contribution in [-0.2, 0) is 14.3 Å². The minimum atomic E-state index is -0.135. The van der Waals surface area contributed by atoms with Gasteiger partial charge in [0.25, 0.3) is 0 Å². The first kappa shape index (κ1) is 20.3. The summed E-state index contributed by atoms with van der Waals surface area (Å²) in [6.07, 6.45) is 10.6. The van der Waals surface area contributed by atoms with E-state index in [9.17, 15) is 9.59 Å². The molecule has 0 heterocycles. The van der Waals surface area contributed by atoms with Gasteiger partial charge in [-0.1, -0.05) is 13.8 Å². The molecule has 4 rings (SSSR count). The number of carbonyl (C=O) groups is 2. The number of ketones is 1. The van der Waals surface area contributed by atoms with Gasteiger partial charge in [0.05, 0.1) is 6.54 Å². The number of ether oxygens (including phenoxy) is 1. The van der Waals surface area contributed by atoms with Crippen LogP contribution in [0.3, 0.4) is 0 Å². The largest absolute Gasteiger partial charge is 0.463 e. The van der Waals surface area contributed by atoms with Crippen molar-refractivity contribution in [3.05, 3.63) is 0 Å². The lowest BCUT2D eigenvalue weighted by atomic mass is 9.44. The van der Waals surface area contributed by atoms with Crippen LogP contribution in [0.4, 0.5) is 0 Å². The third-order valence-electron chi connectivity index (χ3n) is 9.62. The molecular weight excluding hydrogens is 352 g/mol. The van der Waals surface area contributed by atoms with E-state index in [0.717, 1.165) is 31.1 Å². The molecule has 0 aromatic heterocycles. The van der Waals surface area contributed by atoms with Crippen LogP contribution in [0.2, 0.25) is 0 Å². The lowest BCUT2D eigenvalue weighted by Gasteiger charge is -2.61. The predicted octanol–water partition coefficient (Wildman–Crippen LogP) is 3.61. The molecule has 4 aliphatic rings. The van der Waals surface area contributed by atoms with E-state index in [1.165, 1.54) is 45.4 Å². The van der Waals surface area contributed by atoms with Gasteiger partial charge in [-0.2, -0.15) is 0 Å². The maximum Gasteiger partial charge on any atom is 0.302 e. The molecule has 0 aromatic carbocycles. The Labute approximate surface area is 169 Å². The van der Waals surface area contributed by atoms with Gasteiger partial charge in [-0.05, 0) is 92.3 Å². The smallest absolute Gasteiger partial charge is 0.302 e. The lowest BCUT2D eigenvalue weighted by molar-refractivity contribution is -0.161. The standard InChI is InChI=1S/C23H38N2O3/c1-14(26)28-16-8-10-22(2)15(12-16)4-5-17-18-6-7-20(21(27)13-25-24)23(18,3)11-9-19(17)22/h15-20,25H,4-13,24H2,1-3H3. The zero-order valence-electron chi connectivity index (χ0n) is 17.8. The number of hydrazine groups is 1. The third kappa shape index (κ3) is 3.13. The van der Waals surface area contributed by atoms with Gasteiger partial charge < -0.3 is 4.74 Å². The molecule has 0 aromatic rings.